The highest BCUT2D eigenvalue weighted by Crippen LogP contribution is 2.35. The Morgan fingerprint density at radius 3 is 2.93 bits per heavy atom. The second-order valence-electron chi connectivity index (χ2n) is 6.26. The Hall–Kier alpha value is -3.26. The third-order valence-corrected chi connectivity index (χ3v) is 5.25. The van der Waals surface area contributed by atoms with Crippen LogP contribution >= 0.6 is 11.8 Å². The maximum Gasteiger partial charge on any atom is 0.234 e. The van der Waals surface area contributed by atoms with E-state index in [2.05, 4.69) is 15.3 Å². The second kappa shape index (κ2) is 6.72. The van der Waals surface area contributed by atoms with Crippen molar-refractivity contribution in [2.24, 2.45) is 0 Å². The van der Waals surface area contributed by atoms with Gasteiger partial charge in [-0.05, 0) is 31.2 Å². The Labute approximate surface area is 164 Å². The number of hydrogen-bond donors (Lipinski definition) is 1. The third kappa shape index (κ3) is 3.01. The van der Waals surface area contributed by atoms with Crippen molar-refractivity contribution in [1.82, 2.24) is 9.97 Å². The maximum absolute atomic E-state index is 12.4. The van der Waals surface area contributed by atoms with Crippen LogP contribution in [0.5, 0.6) is 11.5 Å². The fourth-order valence-electron chi connectivity index (χ4n) is 3.08. The monoisotopic (exact) mass is 393 g/mol. The van der Waals surface area contributed by atoms with Crippen LogP contribution in [0.25, 0.3) is 22.1 Å². The van der Waals surface area contributed by atoms with Crippen molar-refractivity contribution in [1.29, 1.82) is 0 Å². The summed E-state index contributed by atoms with van der Waals surface area (Å²) in [6.07, 6.45) is 0. The molecule has 4 aromatic rings. The Balaban J connectivity index is 1.36. The molecule has 140 valence electrons. The number of hydrogen-bond acceptors (Lipinski definition) is 7. The molecule has 0 radical (unpaired) electrons. The molecule has 0 atom stereocenters. The number of aromatic nitrogens is 2. The summed E-state index contributed by atoms with van der Waals surface area (Å²) < 4.78 is 16.5. The summed E-state index contributed by atoms with van der Waals surface area (Å²) in [5.74, 6) is 1.98. The zero-order chi connectivity index (χ0) is 19.1. The van der Waals surface area contributed by atoms with E-state index in [4.69, 9.17) is 13.9 Å². The first-order valence-corrected chi connectivity index (χ1v) is 9.64. The highest BCUT2D eigenvalue weighted by Gasteiger charge is 2.17. The molecule has 2 aromatic carbocycles. The molecule has 0 saturated heterocycles. The number of furan rings is 1. The summed E-state index contributed by atoms with van der Waals surface area (Å²) in [6.45, 7) is 2.03. The fourth-order valence-corrected chi connectivity index (χ4v) is 3.88. The molecule has 0 spiro atoms. The smallest absolute Gasteiger partial charge is 0.234 e. The minimum Gasteiger partial charge on any atom is -0.454 e. The highest BCUT2D eigenvalue weighted by atomic mass is 32.2. The summed E-state index contributed by atoms with van der Waals surface area (Å²) in [4.78, 5) is 21.4. The summed E-state index contributed by atoms with van der Waals surface area (Å²) in [5.41, 5.74) is 2.78. The van der Waals surface area contributed by atoms with Gasteiger partial charge in [-0.25, -0.2) is 9.97 Å². The van der Waals surface area contributed by atoms with E-state index < -0.39 is 0 Å². The third-order valence-electron chi connectivity index (χ3n) is 4.30. The molecule has 1 N–H and O–H groups in total. The van der Waals surface area contributed by atoms with Crippen LogP contribution in [0.3, 0.4) is 0 Å². The summed E-state index contributed by atoms with van der Waals surface area (Å²) in [6, 6.07) is 13.0. The van der Waals surface area contributed by atoms with Crippen LogP contribution in [0.15, 0.2) is 51.9 Å². The van der Waals surface area contributed by atoms with Crippen LogP contribution in [0.1, 0.15) is 5.82 Å². The van der Waals surface area contributed by atoms with Gasteiger partial charge >= 0.3 is 0 Å². The lowest BCUT2D eigenvalue weighted by molar-refractivity contribution is -0.113. The molecule has 8 heteroatoms. The second-order valence-corrected chi connectivity index (χ2v) is 7.22. The number of amides is 1. The number of thioether (sulfide) groups is 1. The molecule has 1 amide bonds. The number of rotatable bonds is 4. The van der Waals surface area contributed by atoms with Gasteiger partial charge in [0.05, 0.1) is 5.75 Å². The van der Waals surface area contributed by atoms with E-state index in [1.54, 1.807) is 18.2 Å². The van der Waals surface area contributed by atoms with Crippen LogP contribution in [0.4, 0.5) is 5.69 Å². The lowest BCUT2D eigenvalue weighted by Gasteiger charge is -2.06. The van der Waals surface area contributed by atoms with E-state index in [1.165, 1.54) is 11.8 Å². The van der Waals surface area contributed by atoms with E-state index in [9.17, 15) is 4.79 Å². The maximum atomic E-state index is 12.4. The predicted molar refractivity (Wildman–Crippen MR) is 106 cm³/mol. The Bertz CT molecular complexity index is 1220. The molecule has 0 unspecified atom stereocenters. The van der Waals surface area contributed by atoms with Crippen LogP contribution in [-0.2, 0) is 4.79 Å². The molecule has 3 heterocycles. The number of carbonyl (C=O) groups excluding carboxylic acids is 1. The van der Waals surface area contributed by atoms with Crippen LogP contribution in [0, 0.1) is 6.92 Å². The number of fused-ring (bicyclic) bond motifs is 4. The van der Waals surface area contributed by atoms with Gasteiger partial charge < -0.3 is 19.2 Å². The van der Waals surface area contributed by atoms with Gasteiger partial charge in [-0.1, -0.05) is 23.9 Å². The number of benzene rings is 2. The molecule has 0 aliphatic carbocycles. The molecule has 0 fully saturated rings. The standard InChI is InChI=1S/C20H15N3O4S/c1-11-21-18-13-4-2-3-5-14(13)27-19(18)20(22-11)28-9-17(24)23-12-6-7-15-16(8-12)26-10-25-15/h2-8H,9-10H2,1H3,(H,23,24). The van der Waals surface area contributed by atoms with Crippen molar-refractivity contribution < 1.29 is 18.7 Å². The normalized spacial score (nSPS) is 12.6. The van der Waals surface area contributed by atoms with Gasteiger partial charge in [0.2, 0.25) is 12.7 Å². The zero-order valence-electron chi connectivity index (χ0n) is 14.9. The number of nitrogens with zero attached hydrogens (tertiary/aromatic N) is 2. The molecular formula is C20H15N3O4S. The van der Waals surface area contributed by atoms with Crippen molar-refractivity contribution >= 4 is 45.4 Å². The molecule has 0 bridgehead atoms. The average molecular weight is 393 g/mol. The molecule has 7 nitrogen and oxygen atoms in total. The number of nitrogens with one attached hydrogen (secondary N) is 1. The van der Waals surface area contributed by atoms with Crippen molar-refractivity contribution in [2.75, 3.05) is 17.9 Å². The van der Waals surface area contributed by atoms with Crippen molar-refractivity contribution in [2.45, 2.75) is 11.9 Å². The van der Waals surface area contributed by atoms with Crippen molar-refractivity contribution in [3.05, 3.63) is 48.3 Å². The first-order chi connectivity index (χ1) is 13.7. The Morgan fingerprint density at radius 2 is 2.00 bits per heavy atom. The van der Waals surface area contributed by atoms with E-state index in [0.717, 1.165) is 16.5 Å². The number of ether oxygens (including phenoxy) is 2. The molecule has 1 aliphatic rings. The van der Waals surface area contributed by atoms with E-state index in [0.29, 0.717) is 33.6 Å². The van der Waals surface area contributed by atoms with Crippen LogP contribution in [0.2, 0.25) is 0 Å². The van der Waals surface area contributed by atoms with E-state index in [-0.39, 0.29) is 18.5 Å². The highest BCUT2D eigenvalue weighted by molar-refractivity contribution is 8.00. The molecular weight excluding hydrogens is 378 g/mol. The van der Waals surface area contributed by atoms with Crippen LogP contribution in [-0.4, -0.2) is 28.4 Å². The van der Waals surface area contributed by atoms with Gasteiger partial charge in [0.1, 0.15) is 22.0 Å². The van der Waals surface area contributed by atoms with Gasteiger partial charge in [0, 0.05) is 17.1 Å². The summed E-state index contributed by atoms with van der Waals surface area (Å²) in [5, 5.41) is 4.45. The van der Waals surface area contributed by atoms with Gasteiger partial charge in [0.25, 0.3) is 0 Å². The van der Waals surface area contributed by atoms with Gasteiger partial charge in [-0.15, -0.1) is 0 Å². The number of aryl methyl sites for hydroxylation is 1. The topological polar surface area (TPSA) is 86.5 Å². The molecule has 5 rings (SSSR count). The minimum absolute atomic E-state index is 0.149. The van der Waals surface area contributed by atoms with Gasteiger partial charge in [-0.2, -0.15) is 0 Å². The number of anilines is 1. The summed E-state index contributed by atoms with van der Waals surface area (Å²) >= 11 is 1.32. The largest absolute Gasteiger partial charge is 0.454 e. The Morgan fingerprint density at radius 1 is 1.14 bits per heavy atom. The molecule has 28 heavy (non-hydrogen) atoms. The van der Waals surface area contributed by atoms with E-state index >= 15 is 0 Å². The fraction of sp³-hybridized carbons (Fsp3) is 0.150. The first-order valence-electron chi connectivity index (χ1n) is 8.65. The summed E-state index contributed by atoms with van der Waals surface area (Å²) in [7, 11) is 0. The van der Waals surface area contributed by atoms with Gasteiger partial charge in [0.15, 0.2) is 17.1 Å². The predicted octanol–water partition coefficient (Wildman–Crippen LogP) is 4.14. The van der Waals surface area contributed by atoms with Crippen LogP contribution < -0.4 is 14.8 Å². The average Bonchev–Trinajstić information content (AvgIpc) is 3.30. The molecule has 0 saturated carbocycles. The van der Waals surface area contributed by atoms with Gasteiger partial charge in [-0.3, -0.25) is 4.79 Å². The Kier molecular flexibility index (Phi) is 4.05. The minimum atomic E-state index is -0.149. The quantitative estimate of drug-likeness (QED) is 0.412. The van der Waals surface area contributed by atoms with Crippen molar-refractivity contribution in [3.8, 4) is 11.5 Å². The van der Waals surface area contributed by atoms with E-state index in [1.807, 2.05) is 31.2 Å². The first kappa shape index (κ1) is 16.9. The SMILES string of the molecule is Cc1nc(SCC(=O)Nc2ccc3c(c2)OCO3)c2oc3ccccc3c2n1. The lowest BCUT2D eigenvalue weighted by atomic mass is 10.2. The molecule has 1 aliphatic heterocycles. The zero-order valence-corrected chi connectivity index (χ0v) is 15.7. The van der Waals surface area contributed by atoms with Crippen molar-refractivity contribution in [3.63, 3.8) is 0 Å². The number of para-hydroxylation sites is 1. The molecule has 2 aromatic heterocycles. The number of carbonyl (C=O) groups is 1. The lowest BCUT2D eigenvalue weighted by Crippen LogP contribution is -2.14.